The van der Waals surface area contributed by atoms with Crippen LogP contribution in [0.25, 0.3) is 0 Å². The summed E-state index contributed by atoms with van der Waals surface area (Å²) in [6.07, 6.45) is 6.88. The van der Waals surface area contributed by atoms with Crippen molar-refractivity contribution in [3.8, 4) is 0 Å². The van der Waals surface area contributed by atoms with Crippen molar-refractivity contribution in [1.29, 1.82) is 0 Å². The maximum absolute atomic E-state index is 12.4. The number of allylic oxidation sites excluding steroid dienone is 2. The van der Waals surface area contributed by atoms with E-state index in [0.717, 1.165) is 5.56 Å². The number of ketones is 1. The fourth-order valence-corrected chi connectivity index (χ4v) is 3.16. The molecule has 16 heavy (non-hydrogen) atoms. The van der Waals surface area contributed by atoms with Gasteiger partial charge in [0.05, 0.1) is 0 Å². The van der Waals surface area contributed by atoms with Crippen LogP contribution in [0.3, 0.4) is 0 Å². The van der Waals surface area contributed by atoms with E-state index in [4.69, 9.17) is 0 Å². The van der Waals surface area contributed by atoms with Crippen molar-refractivity contribution in [2.45, 2.75) is 19.8 Å². The van der Waals surface area contributed by atoms with Crippen molar-refractivity contribution < 1.29 is 4.79 Å². The fourth-order valence-electron chi connectivity index (χ4n) is 3.16. The molecule has 1 aromatic carbocycles. The molecule has 2 aliphatic carbocycles. The lowest BCUT2D eigenvalue weighted by atomic mass is 9.87. The molecule has 0 aromatic heterocycles. The zero-order valence-electron chi connectivity index (χ0n) is 9.52. The normalized spacial score (nSPS) is 30.9. The Hall–Kier alpha value is -1.37. The number of rotatable bonds is 2. The maximum Gasteiger partial charge on any atom is 0.167 e. The van der Waals surface area contributed by atoms with Gasteiger partial charge in [0.25, 0.3) is 0 Å². The van der Waals surface area contributed by atoms with E-state index in [1.807, 2.05) is 31.2 Å². The van der Waals surface area contributed by atoms with Gasteiger partial charge in [-0.1, -0.05) is 35.9 Å². The second-order valence-electron chi connectivity index (χ2n) is 5.05. The van der Waals surface area contributed by atoms with Gasteiger partial charge >= 0.3 is 0 Å². The lowest BCUT2D eigenvalue weighted by molar-refractivity contribution is 0.0893. The number of hydrogen-bond donors (Lipinski definition) is 0. The first kappa shape index (κ1) is 9.83. The Balaban J connectivity index is 1.89. The summed E-state index contributed by atoms with van der Waals surface area (Å²) in [7, 11) is 0. The lowest BCUT2D eigenvalue weighted by Crippen LogP contribution is -2.19. The second kappa shape index (κ2) is 3.58. The first-order chi connectivity index (χ1) is 7.75. The molecule has 1 unspecified atom stereocenters. The minimum Gasteiger partial charge on any atom is -0.294 e. The van der Waals surface area contributed by atoms with E-state index >= 15 is 0 Å². The molecule has 0 radical (unpaired) electrons. The fraction of sp³-hybridized carbons (Fsp3) is 0.400. The minimum atomic E-state index is 0.238. The van der Waals surface area contributed by atoms with Gasteiger partial charge in [-0.3, -0.25) is 4.79 Å². The molecule has 82 valence electrons. The SMILES string of the molecule is Cc1cccc(C(=O)C2[C@@H]3C=C[C@H]2CC3)c1. The molecule has 2 bridgehead atoms. The van der Waals surface area contributed by atoms with Crippen LogP contribution in [0.15, 0.2) is 36.4 Å². The molecule has 1 saturated carbocycles. The van der Waals surface area contributed by atoms with E-state index < -0.39 is 0 Å². The quantitative estimate of drug-likeness (QED) is 0.542. The average molecular weight is 212 g/mol. The van der Waals surface area contributed by atoms with Crippen molar-refractivity contribution in [2.75, 3.05) is 0 Å². The molecular weight excluding hydrogens is 196 g/mol. The van der Waals surface area contributed by atoms with Crippen molar-refractivity contribution in [1.82, 2.24) is 0 Å². The van der Waals surface area contributed by atoms with Crippen molar-refractivity contribution in [3.05, 3.63) is 47.5 Å². The van der Waals surface area contributed by atoms with Crippen LogP contribution in [0.5, 0.6) is 0 Å². The lowest BCUT2D eigenvalue weighted by Gasteiger charge is -2.14. The molecular formula is C15H16O. The molecule has 0 saturated heterocycles. The van der Waals surface area contributed by atoms with E-state index in [2.05, 4.69) is 12.2 Å². The standard InChI is InChI=1S/C15H16O/c1-10-3-2-4-13(9-10)15(16)14-11-5-6-12(14)8-7-11/h2-6,9,11-12,14H,7-8H2,1H3/t11-,12+,14?. The maximum atomic E-state index is 12.4. The zero-order valence-corrected chi connectivity index (χ0v) is 9.52. The van der Waals surface area contributed by atoms with E-state index in [1.54, 1.807) is 0 Å². The van der Waals surface area contributed by atoms with Crippen LogP contribution >= 0.6 is 0 Å². The predicted molar refractivity (Wildman–Crippen MR) is 64.4 cm³/mol. The Labute approximate surface area is 96.2 Å². The molecule has 0 heterocycles. The summed E-state index contributed by atoms with van der Waals surface area (Å²) in [6, 6.07) is 7.98. The Morgan fingerprint density at radius 2 is 1.88 bits per heavy atom. The molecule has 1 nitrogen and oxygen atoms in total. The second-order valence-corrected chi connectivity index (χ2v) is 5.05. The van der Waals surface area contributed by atoms with Crippen molar-refractivity contribution in [2.24, 2.45) is 17.8 Å². The number of hydrogen-bond acceptors (Lipinski definition) is 1. The van der Waals surface area contributed by atoms with Gasteiger partial charge in [0.1, 0.15) is 0 Å². The van der Waals surface area contributed by atoms with Gasteiger partial charge in [0.2, 0.25) is 0 Å². The van der Waals surface area contributed by atoms with Crippen molar-refractivity contribution in [3.63, 3.8) is 0 Å². The largest absolute Gasteiger partial charge is 0.294 e. The summed E-state index contributed by atoms with van der Waals surface area (Å²) in [4.78, 5) is 12.4. The molecule has 0 amide bonds. The van der Waals surface area contributed by atoms with Crippen LogP contribution in [0.2, 0.25) is 0 Å². The summed E-state index contributed by atoms with van der Waals surface area (Å²) < 4.78 is 0. The number of benzene rings is 1. The molecule has 2 aliphatic rings. The predicted octanol–water partition coefficient (Wildman–Crippen LogP) is 3.39. The smallest absolute Gasteiger partial charge is 0.167 e. The molecule has 1 heteroatoms. The summed E-state index contributed by atoms with van der Waals surface area (Å²) in [5.74, 6) is 1.61. The van der Waals surface area contributed by atoms with Crippen LogP contribution in [-0.2, 0) is 0 Å². The van der Waals surface area contributed by atoms with Crippen LogP contribution in [0.1, 0.15) is 28.8 Å². The van der Waals surface area contributed by atoms with Crippen LogP contribution in [0, 0.1) is 24.7 Å². The molecule has 0 aliphatic heterocycles. The van der Waals surface area contributed by atoms with Crippen LogP contribution in [0.4, 0.5) is 0 Å². The number of carbonyl (C=O) groups excluding carboxylic acids is 1. The molecule has 3 rings (SSSR count). The topological polar surface area (TPSA) is 17.1 Å². The minimum absolute atomic E-state index is 0.238. The number of Topliss-reactive ketones (excluding diaryl/α,β-unsaturated/α-hetero) is 1. The summed E-state index contributed by atoms with van der Waals surface area (Å²) in [6.45, 7) is 2.04. The molecule has 1 aromatic rings. The van der Waals surface area contributed by atoms with E-state index in [-0.39, 0.29) is 5.92 Å². The molecule has 0 N–H and O–H groups in total. The van der Waals surface area contributed by atoms with Crippen LogP contribution < -0.4 is 0 Å². The molecule has 0 spiro atoms. The third-order valence-corrected chi connectivity index (χ3v) is 3.97. The van der Waals surface area contributed by atoms with Crippen molar-refractivity contribution >= 4 is 5.78 Å². The summed E-state index contributed by atoms with van der Waals surface area (Å²) in [5, 5.41) is 0. The Bertz CT molecular complexity index is 444. The Kier molecular flexibility index (Phi) is 2.20. The van der Waals surface area contributed by atoms with Gasteiger partial charge in [-0.2, -0.15) is 0 Å². The van der Waals surface area contributed by atoms with Gasteiger partial charge in [0.15, 0.2) is 5.78 Å². The number of carbonyl (C=O) groups is 1. The van der Waals surface area contributed by atoms with Gasteiger partial charge in [0, 0.05) is 11.5 Å². The van der Waals surface area contributed by atoms with Gasteiger partial charge < -0.3 is 0 Å². The van der Waals surface area contributed by atoms with E-state index in [0.29, 0.717) is 17.6 Å². The molecule has 3 atom stereocenters. The Morgan fingerprint density at radius 3 is 2.44 bits per heavy atom. The Morgan fingerprint density at radius 1 is 1.19 bits per heavy atom. The van der Waals surface area contributed by atoms with Crippen LogP contribution in [-0.4, -0.2) is 5.78 Å². The first-order valence-corrected chi connectivity index (χ1v) is 6.05. The first-order valence-electron chi connectivity index (χ1n) is 6.05. The highest BCUT2D eigenvalue weighted by Gasteiger charge is 2.42. The van der Waals surface area contributed by atoms with Gasteiger partial charge in [-0.15, -0.1) is 0 Å². The van der Waals surface area contributed by atoms with Gasteiger partial charge in [-0.05, 0) is 37.7 Å². The van der Waals surface area contributed by atoms with E-state index in [1.165, 1.54) is 18.4 Å². The summed E-state index contributed by atoms with van der Waals surface area (Å²) >= 11 is 0. The van der Waals surface area contributed by atoms with E-state index in [9.17, 15) is 4.79 Å². The highest BCUT2D eigenvalue weighted by molar-refractivity contribution is 5.99. The highest BCUT2D eigenvalue weighted by atomic mass is 16.1. The molecule has 1 fully saturated rings. The third kappa shape index (κ3) is 1.42. The number of fused-ring (bicyclic) bond motifs is 2. The van der Waals surface area contributed by atoms with Gasteiger partial charge in [-0.25, -0.2) is 0 Å². The highest BCUT2D eigenvalue weighted by Crippen LogP contribution is 2.45. The number of aryl methyl sites for hydroxylation is 1. The monoisotopic (exact) mass is 212 g/mol. The summed E-state index contributed by atoms with van der Waals surface area (Å²) in [5.41, 5.74) is 2.06. The third-order valence-electron chi connectivity index (χ3n) is 3.97. The average Bonchev–Trinajstić information content (AvgIpc) is 2.87. The zero-order chi connectivity index (χ0) is 11.1.